The van der Waals surface area contributed by atoms with E-state index in [9.17, 15) is 0 Å². The van der Waals surface area contributed by atoms with Gasteiger partial charge in [-0.3, -0.25) is 4.98 Å². The van der Waals surface area contributed by atoms with Gasteiger partial charge in [-0.25, -0.2) is 4.98 Å². The zero-order chi connectivity index (χ0) is 25.0. The Hall–Kier alpha value is -1.49. The molecule has 0 aliphatic rings. The number of halogens is 2. The molecule has 0 spiro atoms. The first-order chi connectivity index (χ1) is 17.0. The highest BCUT2D eigenvalue weighted by atomic mass is 35.5. The van der Waals surface area contributed by atoms with Gasteiger partial charge in [0, 0.05) is 33.3 Å². The highest BCUT2D eigenvalue weighted by molar-refractivity contribution is 7.99. The van der Waals surface area contributed by atoms with Gasteiger partial charge in [0.05, 0.1) is 5.69 Å². The number of imidazole rings is 1. The molecule has 0 aliphatic heterocycles. The highest BCUT2D eigenvalue weighted by Gasteiger charge is 2.21. The minimum absolute atomic E-state index is 0.345. The summed E-state index contributed by atoms with van der Waals surface area (Å²) in [6, 6.07) is 9.91. The van der Waals surface area contributed by atoms with E-state index >= 15 is 0 Å². The van der Waals surface area contributed by atoms with Crippen molar-refractivity contribution in [2.45, 2.75) is 107 Å². The van der Waals surface area contributed by atoms with Gasteiger partial charge in [-0.15, -0.1) is 0 Å². The molecule has 3 aromatic rings. The predicted octanol–water partition coefficient (Wildman–Crippen LogP) is 10.2. The van der Waals surface area contributed by atoms with E-state index < -0.39 is 0 Å². The average molecular weight is 533 g/mol. The Kier molecular flexibility index (Phi) is 12.0. The molecule has 35 heavy (non-hydrogen) atoms. The van der Waals surface area contributed by atoms with Crippen LogP contribution in [-0.2, 0) is 6.42 Å². The summed E-state index contributed by atoms with van der Waals surface area (Å²) in [5.41, 5.74) is 2.49. The molecule has 0 fully saturated rings. The summed E-state index contributed by atoms with van der Waals surface area (Å²) in [5.74, 6) is 1.79. The lowest BCUT2D eigenvalue weighted by Gasteiger charge is -2.15. The molecule has 190 valence electrons. The van der Waals surface area contributed by atoms with E-state index in [1.54, 1.807) is 17.8 Å². The Morgan fingerprint density at radius 3 is 2.14 bits per heavy atom. The van der Waals surface area contributed by atoms with Crippen LogP contribution in [0.5, 0.6) is 0 Å². The summed E-state index contributed by atoms with van der Waals surface area (Å²) in [6.07, 6.45) is 16.5. The molecule has 1 N–H and O–H groups in total. The monoisotopic (exact) mass is 531 g/mol. The number of hydrogen-bond donors (Lipinski definition) is 1. The van der Waals surface area contributed by atoms with E-state index in [2.05, 4.69) is 42.9 Å². The van der Waals surface area contributed by atoms with Crippen molar-refractivity contribution in [2.75, 3.05) is 0 Å². The molecule has 2 heterocycles. The van der Waals surface area contributed by atoms with Crippen molar-refractivity contribution in [3.05, 3.63) is 69.9 Å². The number of nitrogens with zero attached hydrogens (tertiary/aromatic N) is 2. The summed E-state index contributed by atoms with van der Waals surface area (Å²) in [7, 11) is 0. The second-order valence-corrected chi connectivity index (χ2v) is 11.7. The van der Waals surface area contributed by atoms with Gasteiger partial charge in [0.25, 0.3) is 0 Å². The van der Waals surface area contributed by atoms with E-state index in [1.807, 2.05) is 24.5 Å². The summed E-state index contributed by atoms with van der Waals surface area (Å²) >= 11 is 14.1. The van der Waals surface area contributed by atoms with Crippen molar-refractivity contribution in [2.24, 2.45) is 0 Å². The van der Waals surface area contributed by atoms with Crippen molar-refractivity contribution in [3.8, 4) is 0 Å². The second-order valence-electron chi connectivity index (χ2n) is 9.72. The minimum Gasteiger partial charge on any atom is -0.344 e. The van der Waals surface area contributed by atoms with Crippen molar-refractivity contribution in [1.29, 1.82) is 0 Å². The molecule has 0 amide bonds. The molecule has 6 heteroatoms. The molecule has 3 rings (SSSR count). The molecule has 3 nitrogen and oxygen atoms in total. The Balaban J connectivity index is 1.73. The van der Waals surface area contributed by atoms with E-state index in [-0.39, 0.29) is 0 Å². The topological polar surface area (TPSA) is 41.6 Å². The maximum absolute atomic E-state index is 6.25. The number of rotatable bonds is 15. The van der Waals surface area contributed by atoms with Crippen molar-refractivity contribution in [1.82, 2.24) is 15.0 Å². The molecule has 0 bridgehead atoms. The van der Waals surface area contributed by atoms with Crippen LogP contribution < -0.4 is 0 Å². The summed E-state index contributed by atoms with van der Waals surface area (Å²) in [6.45, 7) is 6.70. The van der Waals surface area contributed by atoms with Gasteiger partial charge in [0.2, 0.25) is 0 Å². The molecule has 0 radical (unpaired) electrons. The summed E-state index contributed by atoms with van der Waals surface area (Å²) in [4.78, 5) is 14.1. The summed E-state index contributed by atoms with van der Waals surface area (Å²) < 4.78 is 0. The quantitative estimate of drug-likeness (QED) is 0.198. The van der Waals surface area contributed by atoms with Crippen LogP contribution in [0, 0.1) is 0 Å². The van der Waals surface area contributed by atoms with Crippen LogP contribution in [0.4, 0.5) is 0 Å². The second kappa shape index (κ2) is 14.9. The molecule has 2 aromatic heterocycles. The number of nitrogens with one attached hydrogen (secondary N) is 1. The lowest BCUT2D eigenvalue weighted by atomic mass is 9.93. The molecule has 1 unspecified atom stereocenters. The van der Waals surface area contributed by atoms with Crippen molar-refractivity contribution in [3.63, 3.8) is 0 Å². The molecular formula is C29H39Cl2N3S. The Bertz CT molecular complexity index is 1000. The number of pyridine rings is 1. The number of hydrogen-bond acceptors (Lipinski definition) is 3. The number of benzene rings is 1. The third-order valence-electron chi connectivity index (χ3n) is 6.37. The lowest BCUT2D eigenvalue weighted by molar-refractivity contribution is 0.515. The lowest BCUT2D eigenvalue weighted by Crippen LogP contribution is -2.06. The molecular weight excluding hydrogens is 493 g/mol. The highest BCUT2D eigenvalue weighted by Crippen LogP contribution is 2.37. The maximum Gasteiger partial charge on any atom is 0.122 e. The fraction of sp³-hybridized carbons (Fsp3) is 0.517. The molecule has 1 aromatic carbocycles. The first-order valence-electron chi connectivity index (χ1n) is 13.1. The van der Waals surface area contributed by atoms with Crippen LogP contribution in [0.1, 0.15) is 107 Å². The fourth-order valence-corrected chi connectivity index (χ4v) is 6.21. The minimum atomic E-state index is 0.345. The standard InChI is InChI=1S/C29H39Cl2N3S/c1-4-5-6-7-8-9-10-11-12-23(17-22-13-15-32-16-14-22)28-33-27(21(2)3)29(34-28)35-26-19-24(30)18-25(31)20-26/h13-16,18-21,23H,4-12,17H2,1-3H3,(H,33,34). The number of aromatic nitrogens is 3. The molecule has 0 aliphatic carbocycles. The van der Waals surface area contributed by atoms with Crippen LogP contribution in [0.2, 0.25) is 10.0 Å². The molecule has 1 atom stereocenters. The van der Waals surface area contributed by atoms with Crippen LogP contribution >= 0.6 is 35.0 Å². The molecule has 0 saturated carbocycles. The third-order valence-corrected chi connectivity index (χ3v) is 7.78. The number of H-pyrrole nitrogens is 1. The fourth-order valence-electron chi connectivity index (χ4n) is 4.41. The van der Waals surface area contributed by atoms with Gasteiger partial charge < -0.3 is 4.98 Å². The van der Waals surface area contributed by atoms with Crippen LogP contribution in [0.25, 0.3) is 0 Å². The van der Waals surface area contributed by atoms with Gasteiger partial charge in [-0.05, 0) is 54.7 Å². The zero-order valence-electron chi connectivity index (χ0n) is 21.3. The van der Waals surface area contributed by atoms with Crippen LogP contribution in [-0.4, -0.2) is 15.0 Å². The van der Waals surface area contributed by atoms with Gasteiger partial charge in [-0.1, -0.05) is 107 Å². The van der Waals surface area contributed by atoms with E-state index in [0.29, 0.717) is 21.9 Å². The van der Waals surface area contributed by atoms with Crippen LogP contribution in [0.15, 0.2) is 52.6 Å². The Labute approximate surface area is 225 Å². The average Bonchev–Trinajstić information content (AvgIpc) is 3.24. The molecule has 0 saturated heterocycles. The normalized spacial score (nSPS) is 12.4. The largest absolute Gasteiger partial charge is 0.344 e. The van der Waals surface area contributed by atoms with Gasteiger partial charge in [0.15, 0.2) is 0 Å². The Morgan fingerprint density at radius 1 is 0.886 bits per heavy atom. The maximum atomic E-state index is 6.25. The third kappa shape index (κ3) is 9.48. The Morgan fingerprint density at radius 2 is 1.51 bits per heavy atom. The number of aromatic amines is 1. The van der Waals surface area contributed by atoms with Crippen LogP contribution in [0.3, 0.4) is 0 Å². The van der Waals surface area contributed by atoms with Gasteiger partial charge in [-0.2, -0.15) is 0 Å². The SMILES string of the molecule is CCCCCCCCCCC(Cc1ccncc1)c1nc(Sc2cc(Cl)cc(Cl)c2)c(C(C)C)[nH]1. The zero-order valence-corrected chi connectivity index (χ0v) is 23.7. The van der Waals surface area contributed by atoms with E-state index in [1.165, 1.54) is 62.6 Å². The van der Waals surface area contributed by atoms with E-state index in [0.717, 1.165) is 28.6 Å². The first-order valence-corrected chi connectivity index (χ1v) is 14.7. The van der Waals surface area contributed by atoms with Crippen molar-refractivity contribution < 1.29 is 0 Å². The first kappa shape index (κ1) is 28.1. The smallest absolute Gasteiger partial charge is 0.122 e. The summed E-state index contributed by atoms with van der Waals surface area (Å²) in [5, 5.41) is 2.31. The van der Waals surface area contributed by atoms with Gasteiger partial charge in [0.1, 0.15) is 10.9 Å². The number of unbranched alkanes of at least 4 members (excludes halogenated alkanes) is 7. The van der Waals surface area contributed by atoms with Gasteiger partial charge >= 0.3 is 0 Å². The predicted molar refractivity (Wildman–Crippen MR) is 151 cm³/mol. The van der Waals surface area contributed by atoms with Crippen molar-refractivity contribution >= 4 is 35.0 Å². The van der Waals surface area contributed by atoms with E-state index in [4.69, 9.17) is 28.2 Å².